The Morgan fingerprint density at radius 3 is 1.77 bits per heavy atom. The van der Waals surface area contributed by atoms with Crippen molar-refractivity contribution in [2.45, 2.75) is 54.0 Å². The Hall–Kier alpha value is -0.0400. The molecule has 0 aromatic heterocycles. The Labute approximate surface area is 84.3 Å². The lowest BCUT2D eigenvalue weighted by Crippen LogP contribution is -2.35. The van der Waals surface area contributed by atoms with Gasteiger partial charge in [-0.15, -0.1) is 0 Å². The summed E-state index contributed by atoms with van der Waals surface area (Å²) in [6, 6.07) is 0.657. The van der Waals surface area contributed by atoms with Crippen LogP contribution in [0, 0.1) is 17.8 Å². The van der Waals surface area contributed by atoms with Crippen molar-refractivity contribution < 1.29 is 0 Å². The molecule has 13 heavy (non-hydrogen) atoms. The third kappa shape index (κ3) is 7.06. The van der Waals surface area contributed by atoms with Crippen LogP contribution in [0.1, 0.15) is 48.0 Å². The Bertz CT molecular complexity index is 118. The Morgan fingerprint density at radius 2 is 1.38 bits per heavy atom. The molecule has 0 aromatic rings. The maximum atomic E-state index is 3.59. The predicted octanol–water partition coefficient (Wildman–Crippen LogP) is 3.30. The molecule has 0 aromatic carbocycles. The molecular formula is C12H27N. The van der Waals surface area contributed by atoms with Crippen molar-refractivity contribution in [3.8, 4) is 0 Å². The molecule has 80 valence electrons. The molecule has 1 heteroatoms. The maximum Gasteiger partial charge on any atom is 0.00645 e. The first kappa shape index (κ1) is 13.0. The van der Waals surface area contributed by atoms with Crippen LogP contribution in [0.15, 0.2) is 0 Å². The molecule has 0 spiro atoms. The molecule has 0 fully saturated rings. The van der Waals surface area contributed by atoms with Crippen LogP contribution in [0.3, 0.4) is 0 Å². The van der Waals surface area contributed by atoms with Gasteiger partial charge in [-0.1, -0.05) is 34.6 Å². The van der Waals surface area contributed by atoms with Gasteiger partial charge in [-0.25, -0.2) is 0 Å². The maximum absolute atomic E-state index is 3.59. The summed E-state index contributed by atoms with van der Waals surface area (Å²) in [5, 5.41) is 3.59. The third-order valence-electron chi connectivity index (χ3n) is 2.54. The molecule has 1 nitrogen and oxygen atoms in total. The van der Waals surface area contributed by atoms with Crippen molar-refractivity contribution in [3.63, 3.8) is 0 Å². The fourth-order valence-electron chi connectivity index (χ4n) is 1.57. The normalized spacial score (nSPS) is 16.6. The highest BCUT2D eigenvalue weighted by atomic mass is 14.9. The molecule has 0 aliphatic carbocycles. The van der Waals surface area contributed by atoms with Crippen LogP contribution in [0.2, 0.25) is 0 Å². The van der Waals surface area contributed by atoms with Crippen LogP contribution < -0.4 is 5.32 Å². The third-order valence-corrected chi connectivity index (χ3v) is 2.54. The lowest BCUT2D eigenvalue weighted by atomic mass is 9.93. The number of nitrogens with one attached hydrogen (secondary N) is 1. The summed E-state index contributed by atoms with van der Waals surface area (Å²) in [5.74, 6) is 2.37. The minimum Gasteiger partial charge on any atom is -0.314 e. The van der Waals surface area contributed by atoms with Gasteiger partial charge in [0.05, 0.1) is 0 Å². The van der Waals surface area contributed by atoms with Gasteiger partial charge in [0, 0.05) is 6.04 Å². The molecule has 0 rings (SSSR count). The van der Waals surface area contributed by atoms with Crippen molar-refractivity contribution in [1.29, 1.82) is 0 Å². The molecular weight excluding hydrogens is 158 g/mol. The molecule has 0 saturated carbocycles. The van der Waals surface area contributed by atoms with Crippen LogP contribution in [-0.2, 0) is 0 Å². The lowest BCUT2D eigenvalue weighted by Gasteiger charge is -2.23. The number of hydrogen-bond acceptors (Lipinski definition) is 1. The highest BCUT2D eigenvalue weighted by Crippen LogP contribution is 2.14. The first-order valence-electron chi connectivity index (χ1n) is 5.66. The van der Waals surface area contributed by atoms with Gasteiger partial charge < -0.3 is 5.32 Å². The second-order valence-electron chi connectivity index (χ2n) is 5.20. The summed E-state index contributed by atoms with van der Waals surface area (Å²) in [6.45, 7) is 14.9. The van der Waals surface area contributed by atoms with E-state index >= 15 is 0 Å². The van der Waals surface area contributed by atoms with Gasteiger partial charge in [0.2, 0.25) is 0 Å². The Balaban J connectivity index is 3.62. The second kappa shape index (κ2) is 6.42. The highest BCUT2D eigenvalue weighted by Gasteiger charge is 2.12. The van der Waals surface area contributed by atoms with Crippen molar-refractivity contribution >= 4 is 0 Å². The molecule has 0 radical (unpaired) electrons. The van der Waals surface area contributed by atoms with Crippen LogP contribution in [0.4, 0.5) is 0 Å². The molecule has 1 N–H and O–H groups in total. The first-order chi connectivity index (χ1) is 5.93. The summed E-state index contributed by atoms with van der Waals surface area (Å²) in [6.07, 6.45) is 1.33. The fraction of sp³-hybridized carbons (Fsp3) is 1.00. The van der Waals surface area contributed by atoms with Crippen LogP contribution in [0.5, 0.6) is 0 Å². The molecule has 0 aliphatic rings. The van der Waals surface area contributed by atoms with E-state index in [1.807, 2.05) is 0 Å². The average Bonchev–Trinajstić information content (AvgIpc) is 1.98. The molecule has 0 bridgehead atoms. The van der Waals surface area contributed by atoms with Crippen LogP contribution in [0.25, 0.3) is 0 Å². The molecule has 0 aliphatic heterocycles. The van der Waals surface area contributed by atoms with Crippen LogP contribution >= 0.6 is 0 Å². The van der Waals surface area contributed by atoms with Gasteiger partial charge in [0.15, 0.2) is 0 Å². The molecule has 0 amide bonds. The van der Waals surface area contributed by atoms with Crippen molar-refractivity contribution in [3.05, 3.63) is 0 Å². The van der Waals surface area contributed by atoms with Gasteiger partial charge in [0.25, 0.3) is 0 Å². The summed E-state index contributed by atoms with van der Waals surface area (Å²) >= 11 is 0. The predicted molar refractivity (Wildman–Crippen MR) is 60.9 cm³/mol. The summed E-state index contributed by atoms with van der Waals surface area (Å²) in [5.41, 5.74) is 0. The number of rotatable bonds is 6. The second-order valence-corrected chi connectivity index (χ2v) is 5.20. The molecule has 0 saturated heterocycles. The largest absolute Gasteiger partial charge is 0.314 e. The van der Waals surface area contributed by atoms with E-state index in [1.165, 1.54) is 6.42 Å². The van der Waals surface area contributed by atoms with E-state index < -0.39 is 0 Å². The van der Waals surface area contributed by atoms with Crippen LogP contribution in [-0.4, -0.2) is 12.6 Å². The minimum absolute atomic E-state index is 0.657. The zero-order chi connectivity index (χ0) is 10.4. The number of hydrogen-bond donors (Lipinski definition) is 1. The zero-order valence-corrected chi connectivity index (χ0v) is 10.2. The van der Waals surface area contributed by atoms with Crippen molar-refractivity contribution in [2.24, 2.45) is 17.8 Å². The van der Waals surface area contributed by atoms with Gasteiger partial charge in [-0.05, 0) is 37.6 Å². The summed E-state index contributed by atoms with van der Waals surface area (Å²) < 4.78 is 0. The first-order valence-corrected chi connectivity index (χ1v) is 5.66. The van der Waals surface area contributed by atoms with E-state index in [0.717, 1.165) is 24.3 Å². The summed E-state index contributed by atoms with van der Waals surface area (Å²) in [4.78, 5) is 0. The van der Waals surface area contributed by atoms with Gasteiger partial charge in [-0.3, -0.25) is 0 Å². The zero-order valence-electron chi connectivity index (χ0n) is 10.2. The fourth-order valence-corrected chi connectivity index (χ4v) is 1.57. The Kier molecular flexibility index (Phi) is 6.40. The SMILES string of the molecule is CC(C)CNC(C)C(C)CC(C)C. The average molecular weight is 185 g/mol. The monoisotopic (exact) mass is 185 g/mol. The van der Waals surface area contributed by atoms with Gasteiger partial charge in [0.1, 0.15) is 0 Å². The van der Waals surface area contributed by atoms with Gasteiger partial charge >= 0.3 is 0 Å². The highest BCUT2D eigenvalue weighted by molar-refractivity contribution is 4.70. The van der Waals surface area contributed by atoms with Gasteiger partial charge in [-0.2, -0.15) is 0 Å². The van der Waals surface area contributed by atoms with Crippen molar-refractivity contribution in [2.75, 3.05) is 6.54 Å². The van der Waals surface area contributed by atoms with E-state index in [0.29, 0.717) is 6.04 Å². The van der Waals surface area contributed by atoms with E-state index in [-0.39, 0.29) is 0 Å². The topological polar surface area (TPSA) is 12.0 Å². The molecule has 2 unspecified atom stereocenters. The van der Waals surface area contributed by atoms with E-state index in [4.69, 9.17) is 0 Å². The quantitative estimate of drug-likeness (QED) is 0.669. The van der Waals surface area contributed by atoms with E-state index in [1.54, 1.807) is 0 Å². The molecule has 0 heterocycles. The summed E-state index contributed by atoms with van der Waals surface area (Å²) in [7, 11) is 0. The minimum atomic E-state index is 0.657. The van der Waals surface area contributed by atoms with E-state index in [2.05, 4.69) is 46.9 Å². The van der Waals surface area contributed by atoms with E-state index in [9.17, 15) is 0 Å². The standard InChI is InChI=1S/C12H27N/c1-9(2)7-11(5)12(6)13-8-10(3)4/h9-13H,7-8H2,1-6H3. The smallest absolute Gasteiger partial charge is 0.00645 e. The van der Waals surface area contributed by atoms with Crippen molar-refractivity contribution in [1.82, 2.24) is 5.32 Å². The lowest BCUT2D eigenvalue weighted by molar-refractivity contribution is 0.329. The molecule has 2 atom stereocenters. The Morgan fingerprint density at radius 1 is 0.846 bits per heavy atom.